The van der Waals surface area contributed by atoms with Crippen LogP contribution in [0.3, 0.4) is 0 Å². The topological polar surface area (TPSA) is 88.1 Å². The molecule has 5 atom stereocenters. The van der Waals surface area contributed by atoms with E-state index in [2.05, 4.69) is 6.58 Å². The van der Waals surface area contributed by atoms with Gasteiger partial charge < -0.3 is 18.9 Å². The van der Waals surface area contributed by atoms with Gasteiger partial charge in [-0.1, -0.05) is 48.6 Å². The van der Waals surface area contributed by atoms with Crippen LogP contribution in [0.2, 0.25) is 0 Å². The summed E-state index contributed by atoms with van der Waals surface area (Å²) in [6, 6.07) is 13.5. The van der Waals surface area contributed by atoms with E-state index in [4.69, 9.17) is 18.9 Å². The van der Waals surface area contributed by atoms with Crippen LogP contribution in [-0.2, 0) is 38.9 Å². The molecule has 2 aromatic rings. The molecule has 36 heavy (non-hydrogen) atoms. The predicted molar refractivity (Wildman–Crippen MR) is 132 cm³/mol. The highest BCUT2D eigenvalue weighted by Crippen LogP contribution is 2.39. The van der Waals surface area contributed by atoms with Crippen molar-refractivity contribution in [1.82, 2.24) is 0 Å². The first-order valence-electron chi connectivity index (χ1n) is 11.9. The summed E-state index contributed by atoms with van der Waals surface area (Å²) in [4.78, 5) is 38.5. The van der Waals surface area contributed by atoms with Crippen LogP contribution in [0.5, 0.6) is 0 Å². The first-order chi connectivity index (χ1) is 17.2. The SMILES string of the molecule is C=C1C(=O)O[C@H]2CC3=C[C@@H](C/C(C)=C/[C@@H](OC(=O)C(C)(OC)c4ccc5ccccc5c4)[C@H]12)OC3=O. The summed E-state index contributed by atoms with van der Waals surface area (Å²) in [6.45, 7) is 7.46. The number of carbonyl (C=O) groups excluding carboxylic acids is 3. The molecule has 0 radical (unpaired) electrons. The van der Waals surface area contributed by atoms with Gasteiger partial charge in [-0.3, -0.25) is 0 Å². The average Bonchev–Trinajstić information content (AvgIpc) is 3.34. The first kappa shape index (κ1) is 24.0. The quantitative estimate of drug-likeness (QED) is 0.274. The smallest absolute Gasteiger partial charge is 0.343 e. The molecular weight excluding hydrogens is 460 g/mol. The highest BCUT2D eigenvalue weighted by atomic mass is 16.6. The molecule has 0 aromatic heterocycles. The van der Waals surface area contributed by atoms with E-state index in [9.17, 15) is 14.4 Å². The van der Waals surface area contributed by atoms with E-state index in [1.54, 1.807) is 19.1 Å². The summed E-state index contributed by atoms with van der Waals surface area (Å²) in [5.74, 6) is -2.24. The van der Waals surface area contributed by atoms with Crippen molar-refractivity contribution in [2.24, 2.45) is 5.92 Å². The molecule has 1 fully saturated rings. The fourth-order valence-electron chi connectivity index (χ4n) is 5.15. The highest BCUT2D eigenvalue weighted by molar-refractivity contribution is 5.93. The number of esters is 3. The minimum Gasteiger partial charge on any atom is -0.458 e. The zero-order chi connectivity index (χ0) is 25.6. The van der Waals surface area contributed by atoms with Crippen molar-refractivity contribution in [1.29, 1.82) is 0 Å². The second kappa shape index (κ2) is 9.06. The van der Waals surface area contributed by atoms with Gasteiger partial charge in [0.2, 0.25) is 0 Å². The molecule has 7 nitrogen and oxygen atoms in total. The molecule has 1 saturated heterocycles. The van der Waals surface area contributed by atoms with Crippen molar-refractivity contribution < 1.29 is 33.3 Å². The van der Waals surface area contributed by atoms with Crippen molar-refractivity contribution in [3.05, 3.63) is 83.5 Å². The Labute approximate surface area is 209 Å². The Bertz CT molecular complexity index is 1340. The van der Waals surface area contributed by atoms with Crippen LogP contribution < -0.4 is 0 Å². The molecule has 0 N–H and O–H groups in total. The maximum atomic E-state index is 13.7. The van der Waals surface area contributed by atoms with Gasteiger partial charge in [-0.15, -0.1) is 0 Å². The minimum absolute atomic E-state index is 0.165. The van der Waals surface area contributed by atoms with E-state index < -0.39 is 47.7 Å². The molecule has 2 bridgehead atoms. The minimum atomic E-state index is -1.40. The largest absolute Gasteiger partial charge is 0.458 e. The van der Waals surface area contributed by atoms with Gasteiger partial charge in [-0.05, 0) is 48.4 Å². The average molecular weight is 489 g/mol. The number of hydrogen-bond acceptors (Lipinski definition) is 7. The predicted octanol–water partition coefficient (Wildman–Crippen LogP) is 4.30. The van der Waals surface area contributed by atoms with Crippen LogP contribution in [-0.4, -0.2) is 43.3 Å². The van der Waals surface area contributed by atoms with E-state index in [1.807, 2.05) is 49.4 Å². The molecule has 0 amide bonds. The zero-order valence-corrected chi connectivity index (χ0v) is 20.5. The Morgan fingerprint density at radius 2 is 1.78 bits per heavy atom. The number of hydrogen-bond donors (Lipinski definition) is 0. The number of rotatable bonds is 4. The molecule has 3 aliphatic rings. The number of ether oxygens (including phenoxy) is 4. The zero-order valence-electron chi connectivity index (χ0n) is 20.5. The second-order valence-corrected chi connectivity index (χ2v) is 9.72. The number of fused-ring (bicyclic) bond motifs is 3. The van der Waals surface area contributed by atoms with Gasteiger partial charge in [0.05, 0.1) is 5.92 Å². The fraction of sp³-hybridized carbons (Fsp3) is 0.345. The molecule has 0 saturated carbocycles. The first-order valence-corrected chi connectivity index (χ1v) is 11.9. The van der Waals surface area contributed by atoms with E-state index in [0.717, 1.165) is 16.3 Å². The third-order valence-electron chi connectivity index (χ3n) is 7.32. The van der Waals surface area contributed by atoms with Gasteiger partial charge in [-0.2, -0.15) is 0 Å². The van der Waals surface area contributed by atoms with Gasteiger partial charge in [0.25, 0.3) is 0 Å². The van der Waals surface area contributed by atoms with Gasteiger partial charge >= 0.3 is 17.9 Å². The van der Waals surface area contributed by atoms with Gasteiger partial charge in [0.1, 0.15) is 18.3 Å². The summed E-state index contributed by atoms with van der Waals surface area (Å²) < 4.78 is 22.8. The van der Waals surface area contributed by atoms with Gasteiger partial charge in [0.15, 0.2) is 5.60 Å². The molecule has 186 valence electrons. The molecule has 0 spiro atoms. The summed E-state index contributed by atoms with van der Waals surface area (Å²) in [5, 5.41) is 2.01. The monoisotopic (exact) mass is 488 g/mol. The Morgan fingerprint density at radius 1 is 1.03 bits per heavy atom. The lowest BCUT2D eigenvalue weighted by Gasteiger charge is -2.31. The lowest BCUT2D eigenvalue weighted by Crippen LogP contribution is -2.41. The molecular formula is C29H28O7. The maximum Gasteiger partial charge on any atom is 0.343 e. The van der Waals surface area contributed by atoms with Crippen molar-refractivity contribution in [3.8, 4) is 0 Å². The fourth-order valence-corrected chi connectivity index (χ4v) is 5.15. The molecule has 1 aliphatic carbocycles. The molecule has 5 rings (SSSR count). The second-order valence-electron chi connectivity index (χ2n) is 9.72. The van der Waals surface area contributed by atoms with E-state index in [0.29, 0.717) is 17.6 Å². The van der Waals surface area contributed by atoms with Crippen LogP contribution in [0.1, 0.15) is 32.3 Å². The van der Waals surface area contributed by atoms with E-state index >= 15 is 0 Å². The van der Waals surface area contributed by atoms with Gasteiger partial charge in [0, 0.05) is 31.1 Å². The Morgan fingerprint density at radius 3 is 2.53 bits per heavy atom. The Hall–Kier alpha value is -3.71. The molecule has 2 aliphatic heterocycles. The van der Waals surface area contributed by atoms with Crippen LogP contribution in [0.15, 0.2) is 77.9 Å². The summed E-state index contributed by atoms with van der Waals surface area (Å²) >= 11 is 0. The molecule has 7 heteroatoms. The lowest BCUT2D eigenvalue weighted by molar-refractivity contribution is -0.174. The summed E-state index contributed by atoms with van der Waals surface area (Å²) in [7, 11) is 1.46. The maximum absolute atomic E-state index is 13.7. The van der Waals surface area contributed by atoms with Crippen molar-refractivity contribution in [3.63, 3.8) is 0 Å². The van der Waals surface area contributed by atoms with Crippen LogP contribution in [0.4, 0.5) is 0 Å². The third kappa shape index (κ3) is 4.13. The Balaban J connectivity index is 1.50. The summed E-state index contributed by atoms with van der Waals surface area (Å²) in [5.41, 5.74) is 0.749. The van der Waals surface area contributed by atoms with Gasteiger partial charge in [-0.25, -0.2) is 14.4 Å². The third-order valence-corrected chi connectivity index (χ3v) is 7.32. The molecule has 2 heterocycles. The molecule has 1 unspecified atom stereocenters. The van der Waals surface area contributed by atoms with Crippen LogP contribution in [0.25, 0.3) is 10.8 Å². The Kier molecular flexibility index (Phi) is 6.04. The normalized spacial score (nSPS) is 28.8. The number of methoxy groups -OCH3 is 1. The van der Waals surface area contributed by atoms with Crippen molar-refractivity contribution in [2.75, 3.05) is 7.11 Å². The number of carbonyl (C=O) groups is 3. The van der Waals surface area contributed by atoms with Crippen molar-refractivity contribution in [2.45, 2.75) is 50.6 Å². The van der Waals surface area contributed by atoms with Crippen LogP contribution in [0, 0.1) is 5.92 Å². The number of benzene rings is 2. The standard InChI is InChI=1S/C29H28O7/c1-16-11-22-14-20(27(31)34-22)15-24-25(17(2)26(30)35-24)23(12-16)36-28(32)29(3,33-4)21-10-9-18-7-5-6-8-19(18)13-21/h5-10,12-14,22-25H,2,11,15H2,1,3-4H3/b16-12+/t22-,23-,24+,25+,29?/m1/s1. The van der Waals surface area contributed by atoms with Crippen molar-refractivity contribution >= 4 is 28.7 Å². The lowest BCUT2D eigenvalue weighted by atomic mass is 9.85. The van der Waals surface area contributed by atoms with E-state index in [1.165, 1.54) is 7.11 Å². The molecule has 2 aromatic carbocycles. The van der Waals surface area contributed by atoms with E-state index in [-0.39, 0.29) is 12.0 Å². The van der Waals surface area contributed by atoms with Crippen LogP contribution >= 0.6 is 0 Å². The summed E-state index contributed by atoms with van der Waals surface area (Å²) in [6.07, 6.45) is 2.23. The highest BCUT2D eigenvalue weighted by Gasteiger charge is 2.48.